The molecule has 1 aliphatic rings. The Bertz CT molecular complexity index is 646. The predicted molar refractivity (Wildman–Crippen MR) is 115 cm³/mol. The Morgan fingerprint density at radius 2 is 1.89 bits per heavy atom. The second-order valence-corrected chi connectivity index (χ2v) is 6.65. The second kappa shape index (κ2) is 12.1. The Labute approximate surface area is 181 Å². The molecule has 0 aromatic heterocycles. The number of benzene rings is 1. The molecule has 1 saturated carbocycles. The fourth-order valence-corrected chi connectivity index (χ4v) is 3.05. The molecule has 1 aromatic carbocycles. The van der Waals surface area contributed by atoms with Gasteiger partial charge in [-0.25, -0.2) is 4.99 Å². The van der Waals surface area contributed by atoms with Crippen LogP contribution in [0.5, 0.6) is 0 Å². The van der Waals surface area contributed by atoms with Crippen molar-refractivity contribution in [2.45, 2.75) is 57.8 Å². The number of guanidine groups is 1. The number of alkyl halides is 3. The number of hydrogen-bond acceptors (Lipinski definition) is 2. The van der Waals surface area contributed by atoms with Gasteiger partial charge in [0, 0.05) is 12.6 Å². The first-order valence-corrected chi connectivity index (χ1v) is 9.36. The van der Waals surface area contributed by atoms with Crippen molar-refractivity contribution in [3.05, 3.63) is 35.4 Å². The van der Waals surface area contributed by atoms with Gasteiger partial charge in [0.15, 0.2) is 5.96 Å². The molecule has 158 valence electrons. The van der Waals surface area contributed by atoms with E-state index in [9.17, 15) is 18.0 Å². The lowest BCUT2D eigenvalue weighted by molar-refractivity contribution is -0.137. The molecule has 1 amide bonds. The van der Waals surface area contributed by atoms with Gasteiger partial charge in [0.25, 0.3) is 0 Å². The lowest BCUT2D eigenvalue weighted by atomic mass is 9.95. The molecular weight excluding hydrogens is 484 g/mol. The highest BCUT2D eigenvalue weighted by Gasteiger charge is 2.30. The Balaban J connectivity index is 0.00000392. The number of carbonyl (C=O) groups excluding carboxylic acids is 1. The van der Waals surface area contributed by atoms with Crippen LogP contribution in [0.4, 0.5) is 13.2 Å². The summed E-state index contributed by atoms with van der Waals surface area (Å²) in [5.41, 5.74) is -0.242. The quantitative estimate of drug-likeness (QED) is 0.309. The number of carbonyl (C=O) groups is 1. The normalized spacial score (nSPS) is 15.5. The fraction of sp³-hybridized carbons (Fsp3) is 0.579. The first-order valence-electron chi connectivity index (χ1n) is 9.36. The first-order chi connectivity index (χ1) is 12.9. The van der Waals surface area contributed by atoms with Gasteiger partial charge in [-0.3, -0.25) is 4.79 Å². The highest BCUT2D eigenvalue weighted by atomic mass is 127. The summed E-state index contributed by atoms with van der Waals surface area (Å²) in [6.45, 7) is 2.62. The van der Waals surface area contributed by atoms with Gasteiger partial charge in [0.05, 0.1) is 18.7 Å². The number of hydrogen-bond donors (Lipinski definition) is 3. The van der Waals surface area contributed by atoms with Gasteiger partial charge in [0.2, 0.25) is 5.91 Å². The van der Waals surface area contributed by atoms with Gasteiger partial charge < -0.3 is 16.0 Å². The van der Waals surface area contributed by atoms with Gasteiger partial charge in [-0.2, -0.15) is 13.2 Å². The Kier molecular flexibility index (Phi) is 10.6. The average Bonchev–Trinajstić information content (AvgIpc) is 2.64. The van der Waals surface area contributed by atoms with Gasteiger partial charge in [-0.15, -0.1) is 24.0 Å². The number of amides is 1. The molecule has 0 radical (unpaired) electrons. The molecule has 0 spiro atoms. The smallest absolute Gasteiger partial charge is 0.357 e. The van der Waals surface area contributed by atoms with E-state index in [-0.39, 0.29) is 49.0 Å². The van der Waals surface area contributed by atoms with Crippen molar-refractivity contribution >= 4 is 35.8 Å². The molecule has 1 fully saturated rings. The summed E-state index contributed by atoms with van der Waals surface area (Å²) in [5, 5.41) is 8.93. The summed E-state index contributed by atoms with van der Waals surface area (Å²) in [4.78, 5) is 16.3. The molecule has 1 aromatic rings. The highest BCUT2D eigenvalue weighted by Crippen LogP contribution is 2.29. The van der Waals surface area contributed by atoms with E-state index in [1.807, 2.05) is 6.92 Å². The van der Waals surface area contributed by atoms with Crippen molar-refractivity contribution in [2.24, 2.45) is 4.99 Å². The van der Waals surface area contributed by atoms with E-state index in [2.05, 4.69) is 20.9 Å². The second-order valence-electron chi connectivity index (χ2n) is 6.65. The average molecular weight is 512 g/mol. The van der Waals surface area contributed by atoms with E-state index in [0.29, 0.717) is 18.1 Å². The minimum atomic E-state index is -4.38. The summed E-state index contributed by atoms with van der Waals surface area (Å²) in [5.74, 6) is 0.292. The third-order valence-electron chi connectivity index (χ3n) is 4.40. The van der Waals surface area contributed by atoms with E-state index in [0.717, 1.165) is 37.8 Å². The molecule has 28 heavy (non-hydrogen) atoms. The molecule has 0 bridgehead atoms. The van der Waals surface area contributed by atoms with Crippen LogP contribution in [0.3, 0.4) is 0 Å². The van der Waals surface area contributed by atoms with Gasteiger partial charge >= 0.3 is 6.18 Å². The third-order valence-corrected chi connectivity index (χ3v) is 4.40. The number of nitrogens with one attached hydrogen (secondary N) is 3. The van der Waals surface area contributed by atoms with E-state index >= 15 is 0 Å². The first kappa shape index (κ1) is 24.5. The lowest BCUT2D eigenvalue weighted by Crippen LogP contribution is -2.46. The number of nitrogens with zero attached hydrogens (tertiary/aromatic N) is 1. The van der Waals surface area contributed by atoms with Crippen molar-refractivity contribution in [3.63, 3.8) is 0 Å². The Hall–Kier alpha value is -1.52. The lowest BCUT2D eigenvalue weighted by Gasteiger charge is -2.23. The predicted octanol–water partition coefficient (Wildman–Crippen LogP) is 3.83. The standard InChI is InChI=1S/C19H27F3N4O.HI/c1-2-23-18(25-13-17(27)26-16-9-4-3-5-10-16)24-12-14-7-6-8-15(11-14)19(20,21)22;/h6-8,11,16H,2-5,9-10,12-13H2,1H3,(H,26,27)(H2,23,24,25);1H. The highest BCUT2D eigenvalue weighted by molar-refractivity contribution is 14.0. The molecule has 0 saturated heterocycles. The molecular formula is C19H28F3IN4O. The zero-order chi connectivity index (χ0) is 19.7. The Morgan fingerprint density at radius 3 is 2.54 bits per heavy atom. The van der Waals surface area contributed by atoms with Crippen molar-refractivity contribution in [1.82, 2.24) is 16.0 Å². The van der Waals surface area contributed by atoms with Crippen LogP contribution in [0.2, 0.25) is 0 Å². The topological polar surface area (TPSA) is 65.5 Å². The Morgan fingerprint density at radius 1 is 1.18 bits per heavy atom. The van der Waals surface area contributed by atoms with Crippen LogP contribution in [0, 0.1) is 0 Å². The maximum absolute atomic E-state index is 12.8. The minimum absolute atomic E-state index is 0. The van der Waals surface area contributed by atoms with Crippen LogP contribution in [0.15, 0.2) is 29.3 Å². The van der Waals surface area contributed by atoms with E-state index in [1.165, 1.54) is 12.5 Å². The van der Waals surface area contributed by atoms with Gasteiger partial charge in [-0.05, 0) is 37.5 Å². The van der Waals surface area contributed by atoms with Crippen molar-refractivity contribution < 1.29 is 18.0 Å². The number of halogens is 4. The maximum atomic E-state index is 12.8. The molecule has 0 atom stereocenters. The fourth-order valence-electron chi connectivity index (χ4n) is 3.05. The molecule has 9 heteroatoms. The minimum Gasteiger partial charge on any atom is -0.357 e. The largest absolute Gasteiger partial charge is 0.416 e. The van der Waals surface area contributed by atoms with Gasteiger partial charge in [-0.1, -0.05) is 31.4 Å². The molecule has 0 aliphatic heterocycles. The summed E-state index contributed by atoms with van der Waals surface area (Å²) in [6.07, 6.45) is 1.14. The molecule has 0 heterocycles. The number of aliphatic imine (C=N–C) groups is 1. The molecule has 5 nitrogen and oxygen atoms in total. The zero-order valence-corrected chi connectivity index (χ0v) is 18.3. The summed E-state index contributed by atoms with van der Waals surface area (Å²) in [7, 11) is 0. The van der Waals surface area contributed by atoms with Crippen molar-refractivity contribution in [1.29, 1.82) is 0 Å². The summed E-state index contributed by atoms with van der Waals surface area (Å²) in [6, 6.07) is 5.32. The monoisotopic (exact) mass is 512 g/mol. The zero-order valence-electron chi connectivity index (χ0n) is 15.9. The van der Waals surface area contributed by atoms with Crippen LogP contribution in [-0.4, -0.2) is 31.0 Å². The van der Waals surface area contributed by atoms with E-state index in [4.69, 9.17) is 0 Å². The van der Waals surface area contributed by atoms with Crippen molar-refractivity contribution in [2.75, 3.05) is 13.1 Å². The molecule has 2 rings (SSSR count). The summed E-state index contributed by atoms with van der Waals surface area (Å²) >= 11 is 0. The summed E-state index contributed by atoms with van der Waals surface area (Å²) < 4.78 is 38.4. The molecule has 3 N–H and O–H groups in total. The van der Waals surface area contributed by atoms with Crippen LogP contribution in [0.25, 0.3) is 0 Å². The third kappa shape index (κ3) is 8.66. The SMILES string of the molecule is CCNC(=NCc1cccc(C(F)(F)F)c1)NCC(=O)NC1CCCCC1.I. The molecule has 1 aliphatic carbocycles. The maximum Gasteiger partial charge on any atom is 0.416 e. The molecule has 0 unspecified atom stereocenters. The van der Waals surface area contributed by atoms with E-state index < -0.39 is 11.7 Å². The van der Waals surface area contributed by atoms with E-state index in [1.54, 1.807) is 6.07 Å². The van der Waals surface area contributed by atoms with Crippen LogP contribution >= 0.6 is 24.0 Å². The van der Waals surface area contributed by atoms with Crippen LogP contribution < -0.4 is 16.0 Å². The van der Waals surface area contributed by atoms with Crippen LogP contribution in [-0.2, 0) is 17.5 Å². The number of rotatable bonds is 6. The van der Waals surface area contributed by atoms with Gasteiger partial charge in [0.1, 0.15) is 0 Å². The van der Waals surface area contributed by atoms with Crippen molar-refractivity contribution in [3.8, 4) is 0 Å². The van der Waals surface area contributed by atoms with Crippen LogP contribution in [0.1, 0.15) is 50.2 Å².